The molecule has 0 radical (unpaired) electrons. The molecule has 4 N–H and O–H groups in total. The van der Waals surface area contributed by atoms with Crippen molar-refractivity contribution in [3.8, 4) is 0 Å². The minimum absolute atomic E-state index is 0.0868. The molecule has 0 aliphatic heterocycles. The second-order valence-electron chi connectivity index (χ2n) is 4.66. The molecule has 0 saturated carbocycles. The molecule has 6 heteroatoms. The van der Waals surface area contributed by atoms with E-state index in [1.54, 1.807) is 5.38 Å². The van der Waals surface area contributed by atoms with Gasteiger partial charge in [0.05, 0.1) is 0 Å². The second kappa shape index (κ2) is 7.87. The standard InChI is InChI=1S/C15H19N3O2S/c16-8-14-18-13(10-21-14)15(20)17-9-12(6-7-19)11-4-2-1-3-5-11/h1-5,10,12,19H,6-9,16H2,(H,17,20). The first-order valence-corrected chi connectivity index (χ1v) is 7.71. The summed E-state index contributed by atoms with van der Waals surface area (Å²) >= 11 is 1.38. The maximum atomic E-state index is 12.0. The van der Waals surface area contributed by atoms with Gasteiger partial charge in [-0.25, -0.2) is 4.98 Å². The van der Waals surface area contributed by atoms with Crippen molar-refractivity contribution >= 4 is 17.2 Å². The molecular weight excluding hydrogens is 286 g/mol. The van der Waals surface area contributed by atoms with Crippen molar-refractivity contribution < 1.29 is 9.90 Å². The van der Waals surface area contributed by atoms with E-state index in [9.17, 15) is 9.90 Å². The van der Waals surface area contributed by atoms with Crippen LogP contribution in [-0.2, 0) is 6.54 Å². The topological polar surface area (TPSA) is 88.2 Å². The Balaban J connectivity index is 1.97. The van der Waals surface area contributed by atoms with Gasteiger partial charge in [0, 0.05) is 31.0 Å². The number of benzene rings is 1. The number of hydrogen-bond donors (Lipinski definition) is 3. The number of nitrogens with one attached hydrogen (secondary N) is 1. The summed E-state index contributed by atoms with van der Waals surface area (Å²) in [7, 11) is 0. The summed E-state index contributed by atoms with van der Waals surface area (Å²) in [5.41, 5.74) is 6.99. The SMILES string of the molecule is NCc1nc(C(=O)NCC(CCO)c2ccccc2)cs1. The maximum Gasteiger partial charge on any atom is 0.270 e. The van der Waals surface area contributed by atoms with Crippen LogP contribution in [0.4, 0.5) is 0 Å². The van der Waals surface area contributed by atoms with Crippen molar-refractivity contribution in [3.63, 3.8) is 0 Å². The van der Waals surface area contributed by atoms with Crippen molar-refractivity contribution in [1.29, 1.82) is 0 Å². The van der Waals surface area contributed by atoms with Crippen LogP contribution in [0.15, 0.2) is 35.7 Å². The fourth-order valence-corrected chi connectivity index (χ4v) is 2.74. The first-order chi connectivity index (χ1) is 10.2. The Morgan fingerprint density at radius 1 is 1.38 bits per heavy atom. The number of nitrogens with two attached hydrogens (primary N) is 1. The molecule has 1 unspecified atom stereocenters. The van der Waals surface area contributed by atoms with Crippen LogP contribution < -0.4 is 11.1 Å². The van der Waals surface area contributed by atoms with Crippen LogP contribution in [0.5, 0.6) is 0 Å². The van der Waals surface area contributed by atoms with Crippen LogP contribution in [0.2, 0.25) is 0 Å². The van der Waals surface area contributed by atoms with Gasteiger partial charge in [-0.1, -0.05) is 30.3 Å². The predicted octanol–water partition coefficient (Wildman–Crippen LogP) is 1.50. The summed E-state index contributed by atoms with van der Waals surface area (Å²) < 4.78 is 0. The fourth-order valence-electron chi connectivity index (χ4n) is 2.08. The normalized spacial score (nSPS) is 12.1. The Bertz CT molecular complexity index is 571. The highest BCUT2D eigenvalue weighted by Crippen LogP contribution is 2.18. The lowest BCUT2D eigenvalue weighted by molar-refractivity contribution is 0.0945. The first kappa shape index (κ1) is 15.6. The largest absolute Gasteiger partial charge is 0.396 e. The molecule has 0 spiro atoms. The third-order valence-corrected chi connectivity index (χ3v) is 4.09. The van der Waals surface area contributed by atoms with Gasteiger partial charge in [0.2, 0.25) is 0 Å². The number of amides is 1. The Morgan fingerprint density at radius 2 is 2.14 bits per heavy atom. The van der Waals surface area contributed by atoms with E-state index < -0.39 is 0 Å². The van der Waals surface area contributed by atoms with Crippen LogP contribution in [0, 0.1) is 0 Å². The second-order valence-corrected chi connectivity index (χ2v) is 5.60. The number of thiazole rings is 1. The Hall–Kier alpha value is -1.76. The minimum Gasteiger partial charge on any atom is -0.396 e. The van der Waals surface area contributed by atoms with Crippen LogP contribution in [0.25, 0.3) is 0 Å². The third kappa shape index (κ3) is 4.35. The first-order valence-electron chi connectivity index (χ1n) is 6.83. The van der Waals surface area contributed by atoms with E-state index in [4.69, 9.17) is 5.73 Å². The van der Waals surface area contributed by atoms with Gasteiger partial charge in [-0.2, -0.15) is 0 Å². The van der Waals surface area contributed by atoms with Gasteiger partial charge in [-0.15, -0.1) is 11.3 Å². The molecule has 0 aliphatic carbocycles. The monoisotopic (exact) mass is 305 g/mol. The van der Waals surface area contributed by atoms with Crippen molar-refractivity contribution in [1.82, 2.24) is 10.3 Å². The van der Waals surface area contributed by atoms with Gasteiger partial charge in [-0.3, -0.25) is 4.79 Å². The average Bonchev–Trinajstić information content (AvgIpc) is 3.01. The quantitative estimate of drug-likeness (QED) is 0.723. The number of hydrogen-bond acceptors (Lipinski definition) is 5. The molecule has 21 heavy (non-hydrogen) atoms. The Morgan fingerprint density at radius 3 is 2.76 bits per heavy atom. The van der Waals surface area contributed by atoms with Crippen molar-refractivity contribution in [2.24, 2.45) is 5.73 Å². The van der Waals surface area contributed by atoms with Gasteiger partial charge in [0.15, 0.2) is 0 Å². The van der Waals surface area contributed by atoms with E-state index in [1.165, 1.54) is 11.3 Å². The summed E-state index contributed by atoms with van der Waals surface area (Å²) in [4.78, 5) is 16.2. The highest BCUT2D eigenvalue weighted by molar-refractivity contribution is 7.09. The molecule has 0 fully saturated rings. The molecule has 1 heterocycles. The molecule has 1 atom stereocenters. The third-order valence-electron chi connectivity index (χ3n) is 3.22. The molecule has 2 aromatic rings. The van der Waals surface area contributed by atoms with E-state index in [1.807, 2.05) is 30.3 Å². The lowest BCUT2D eigenvalue weighted by Crippen LogP contribution is -2.29. The van der Waals surface area contributed by atoms with Crippen molar-refractivity contribution in [2.75, 3.05) is 13.2 Å². The number of aliphatic hydroxyl groups excluding tert-OH is 1. The number of carbonyl (C=O) groups excluding carboxylic acids is 1. The van der Waals surface area contributed by atoms with Gasteiger partial charge in [0.1, 0.15) is 10.7 Å². The molecule has 1 amide bonds. The molecule has 0 aliphatic rings. The molecule has 1 aromatic heterocycles. The Kier molecular flexibility index (Phi) is 5.86. The van der Waals surface area contributed by atoms with Gasteiger partial charge in [0.25, 0.3) is 5.91 Å². The molecule has 2 rings (SSSR count). The highest BCUT2D eigenvalue weighted by atomic mass is 32.1. The molecule has 0 saturated heterocycles. The van der Waals surface area contributed by atoms with Crippen LogP contribution in [0.3, 0.4) is 0 Å². The number of carbonyl (C=O) groups is 1. The molecule has 112 valence electrons. The van der Waals surface area contributed by atoms with Gasteiger partial charge in [-0.05, 0) is 12.0 Å². The van der Waals surface area contributed by atoms with Gasteiger partial charge < -0.3 is 16.2 Å². The maximum absolute atomic E-state index is 12.0. The van der Waals surface area contributed by atoms with E-state index >= 15 is 0 Å². The number of aromatic nitrogens is 1. The van der Waals surface area contributed by atoms with E-state index in [2.05, 4.69) is 10.3 Å². The van der Waals surface area contributed by atoms with Crippen molar-refractivity contribution in [2.45, 2.75) is 18.9 Å². The number of nitrogens with zero attached hydrogens (tertiary/aromatic N) is 1. The fraction of sp³-hybridized carbons (Fsp3) is 0.333. The average molecular weight is 305 g/mol. The zero-order chi connectivity index (χ0) is 15.1. The molecular formula is C15H19N3O2S. The number of aliphatic hydroxyl groups is 1. The van der Waals surface area contributed by atoms with Gasteiger partial charge >= 0.3 is 0 Å². The summed E-state index contributed by atoms with van der Waals surface area (Å²) in [6.07, 6.45) is 0.607. The lowest BCUT2D eigenvalue weighted by Gasteiger charge is -2.16. The van der Waals surface area contributed by atoms with Crippen LogP contribution >= 0.6 is 11.3 Å². The minimum atomic E-state index is -0.204. The zero-order valence-corrected chi connectivity index (χ0v) is 12.5. The smallest absolute Gasteiger partial charge is 0.270 e. The lowest BCUT2D eigenvalue weighted by atomic mass is 9.96. The summed E-state index contributed by atoms with van der Waals surface area (Å²) in [5, 5.41) is 14.5. The molecule has 0 bridgehead atoms. The van der Waals surface area contributed by atoms with E-state index in [0.717, 1.165) is 10.6 Å². The predicted molar refractivity (Wildman–Crippen MR) is 83.2 cm³/mol. The summed E-state index contributed by atoms with van der Waals surface area (Å²) in [5.74, 6) is -0.113. The van der Waals surface area contributed by atoms with E-state index in [-0.39, 0.29) is 18.4 Å². The highest BCUT2D eigenvalue weighted by Gasteiger charge is 2.15. The Labute approximate surface area is 127 Å². The number of rotatable bonds is 7. The van der Waals surface area contributed by atoms with Crippen molar-refractivity contribution in [3.05, 3.63) is 52.0 Å². The molecule has 5 nitrogen and oxygen atoms in total. The van der Waals surface area contributed by atoms with E-state index in [0.29, 0.717) is 25.2 Å². The van der Waals surface area contributed by atoms with Crippen LogP contribution in [-0.4, -0.2) is 29.1 Å². The summed E-state index contributed by atoms with van der Waals surface area (Å²) in [6, 6.07) is 9.86. The summed E-state index contributed by atoms with van der Waals surface area (Å²) in [6.45, 7) is 0.900. The molecule has 1 aromatic carbocycles. The zero-order valence-electron chi connectivity index (χ0n) is 11.7. The van der Waals surface area contributed by atoms with Crippen LogP contribution in [0.1, 0.15) is 33.4 Å².